The fourth-order valence-corrected chi connectivity index (χ4v) is 1.48. The molecule has 0 saturated heterocycles. The van der Waals surface area contributed by atoms with Crippen molar-refractivity contribution >= 4 is 28.6 Å². The van der Waals surface area contributed by atoms with Gasteiger partial charge in [0.15, 0.2) is 0 Å². The number of rotatable bonds is 3. The summed E-state index contributed by atoms with van der Waals surface area (Å²) in [6.07, 6.45) is 1.75. The molecule has 0 amide bonds. The van der Waals surface area contributed by atoms with Crippen LogP contribution in [-0.2, 0) is 14.9 Å². The van der Waals surface area contributed by atoms with Crippen molar-refractivity contribution in [3.8, 4) is 0 Å². The molecule has 1 rings (SSSR count). The third kappa shape index (κ3) is 2.90. The predicted molar refractivity (Wildman–Crippen MR) is 66.6 cm³/mol. The molecule has 0 aliphatic carbocycles. The van der Waals surface area contributed by atoms with Crippen LogP contribution in [0.25, 0.3) is 0 Å². The molecule has 3 nitrogen and oxygen atoms in total. The number of esters is 1. The summed E-state index contributed by atoms with van der Waals surface area (Å²) < 4.78 is 6.06. The van der Waals surface area contributed by atoms with Crippen LogP contribution in [-0.4, -0.2) is 17.6 Å². The molecule has 0 fully saturated rings. The zero-order valence-corrected chi connectivity index (χ0v) is 11.2. The summed E-state index contributed by atoms with van der Waals surface area (Å²) in [5.74, 6) is -0.237. The van der Waals surface area contributed by atoms with E-state index in [2.05, 4.69) is 27.6 Å². The van der Waals surface area contributed by atoms with Gasteiger partial charge in [0.1, 0.15) is 5.41 Å². The van der Waals surface area contributed by atoms with Crippen molar-refractivity contribution in [2.75, 3.05) is 6.61 Å². The van der Waals surface area contributed by atoms with E-state index in [9.17, 15) is 4.79 Å². The van der Waals surface area contributed by atoms with Crippen LogP contribution in [0.1, 0.15) is 26.5 Å². The van der Waals surface area contributed by atoms with Crippen LogP contribution in [0, 0.1) is 3.57 Å². The molecular weight excluding hydrogens is 305 g/mol. The molecule has 82 valence electrons. The largest absolute Gasteiger partial charge is 0.465 e. The van der Waals surface area contributed by atoms with E-state index < -0.39 is 5.41 Å². The van der Waals surface area contributed by atoms with Crippen molar-refractivity contribution in [2.24, 2.45) is 0 Å². The van der Waals surface area contributed by atoms with Crippen LogP contribution < -0.4 is 0 Å². The topological polar surface area (TPSA) is 39.2 Å². The quantitative estimate of drug-likeness (QED) is 0.635. The highest BCUT2D eigenvalue weighted by Gasteiger charge is 2.32. The van der Waals surface area contributed by atoms with Gasteiger partial charge in [0.2, 0.25) is 0 Å². The van der Waals surface area contributed by atoms with Crippen molar-refractivity contribution in [1.82, 2.24) is 4.98 Å². The first kappa shape index (κ1) is 12.4. The molecule has 0 atom stereocenters. The summed E-state index contributed by atoms with van der Waals surface area (Å²) in [6, 6.07) is 3.79. The van der Waals surface area contributed by atoms with Gasteiger partial charge in [-0.15, -0.1) is 0 Å². The summed E-state index contributed by atoms with van der Waals surface area (Å²) in [4.78, 5) is 15.9. The van der Waals surface area contributed by atoms with E-state index in [-0.39, 0.29) is 5.97 Å². The summed E-state index contributed by atoms with van der Waals surface area (Å²) in [7, 11) is 0. The van der Waals surface area contributed by atoms with Crippen molar-refractivity contribution in [3.05, 3.63) is 27.6 Å². The molecule has 0 saturated carbocycles. The number of hydrogen-bond acceptors (Lipinski definition) is 3. The fraction of sp³-hybridized carbons (Fsp3) is 0.455. The smallest absolute Gasteiger partial charge is 0.317 e. The van der Waals surface area contributed by atoms with Gasteiger partial charge in [-0.05, 0) is 55.5 Å². The highest BCUT2D eigenvalue weighted by Crippen LogP contribution is 2.23. The molecule has 0 aliphatic rings. The van der Waals surface area contributed by atoms with Crippen LogP contribution in [0.3, 0.4) is 0 Å². The number of pyridine rings is 1. The Kier molecular flexibility index (Phi) is 4.07. The summed E-state index contributed by atoms with van der Waals surface area (Å²) in [5.41, 5.74) is 0.0572. The first-order valence-corrected chi connectivity index (χ1v) is 5.85. The van der Waals surface area contributed by atoms with Crippen LogP contribution in [0.15, 0.2) is 18.3 Å². The van der Waals surface area contributed by atoms with E-state index in [1.165, 1.54) is 0 Å². The van der Waals surface area contributed by atoms with Gasteiger partial charge in [-0.1, -0.05) is 0 Å². The Balaban J connectivity index is 2.94. The molecule has 1 aromatic heterocycles. The number of hydrogen-bond donors (Lipinski definition) is 0. The third-order valence-electron chi connectivity index (χ3n) is 2.15. The number of carbonyl (C=O) groups excluding carboxylic acids is 1. The van der Waals surface area contributed by atoms with Crippen molar-refractivity contribution in [3.63, 3.8) is 0 Å². The number of ether oxygens (including phenoxy) is 1. The molecule has 0 N–H and O–H groups in total. The van der Waals surface area contributed by atoms with E-state index in [4.69, 9.17) is 4.74 Å². The van der Waals surface area contributed by atoms with Gasteiger partial charge in [-0.25, -0.2) is 0 Å². The Labute approximate surface area is 103 Å². The lowest BCUT2D eigenvalue weighted by Crippen LogP contribution is -2.32. The van der Waals surface area contributed by atoms with Crippen molar-refractivity contribution < 1.29 is 9.53 Å². The van der Waals surface area contributed by atoms with Gasteiger partial charge in [0.25, 0.3) is 0 Å². The molecule has 0 radical (unpaired) electrons. The molecule has 0 aromatic carbocycles. The van der Waals surface area contributed by atoms with Gasteiger partial charge < -0.3 is 4.74 Å². The molecule has 0 spiro atoms. The number of nitrogens with zero attached hydrogens (tertiary/aromatic N) is 1. The number of carbonyl (C=O) groups is 1. The second-order valence-corrected chi connectivity index (χ2v) is 4.95. The molecule has 0 aliphatic heterocycles. The average Bonchev–Trinajstić information content (AvgIpc) is 2.18. The molecule has 0 unspecified atom stereocenters. The summed E-state index contributed by atoms with van der Waals surface area (Å²) in [5, 5.41) is 0. The highest BCUT2D eigenvalue weighted by molar-refractivity contribution is 14.1. The fourth-order valence-electron chi connectivity index (χ4n) is 1.16. The minimum Gasteiger partial charge on any atom is -0.465 e. The lowest BCUT2D eigenvalue weighted by Gasteiger charge is -2.21. The minimum atomic E-state index is -0.680. The van der Waals surface area contributed by atoms with Crippen molar-refractivity contribution in [1.29, 1.82) is 0 Å². The second-order valence-electron chi connectivity index (χ2n) is 3.71. The average molecular weight is 319 g/mol. The lowest BCUT2D eigenvalue weighted by molar-refractivity contribution is -0.148. The Bertz CT molecular complexity index is 346. The monoisotopic (exact) mass is 319 g/mol. The maximum atomic E-state index is 11.7. The molecule has 0 bridgehead atoms. The first-order chi connectivity index (χ1) is 6.98. The molecule has 15 heavy (non-hydrogen) atoms. The standard InChI is InChI=1S/C11H14INO2/c1-4-15-10(14)11(2,3)9-6-5-8(12)7-13-9/h5-7H,4H2,1-3H3. The van der Waals surface area contributed by atoms with Crippen LogP contribution in [0.5, 0.6) is 0 Å². The maximum Gasteiger partial charge on any atom is 0.317 e. The molecule has 1 aromatic rings. The number of aromatic nitrogens is 1. The van der Waals surface area contributed by atoms with E-state index in [1.807, 2.05) is 26.0 Å². The predicted octanol–water partition coefficient (Wildman–Crippen LogP) is 2.53. The first-order valence-electron chi connectivity index (χ1n) is 4.77. The van der Waals surface area contributed by atoms with Crippen LogP contribution in [0.2, 0.25) is 0 Å². The van der Waals surface area contributed by atoms with E-state index in [0.29, 0.717) is 6.61 Å². The Morgan fingerprint density at radius 2 is 2.20 bits per heavy atom. The SMILES string of the molecule is CCOC(=O)C(C)(C)c1ccc(I)cn1. The van der Waals surface area contributed by atoms with Gasteiger partial charge in [-0.3, -0.25) is 9.78 Å². The normalized spacial score (nSPS) is 11.2. The Hall–Kier alpha value is -0.650. The molecule has 4 heteroatoms. The summed E-state index contributed by atoms with van der Waals surface area (Å²) in [6.45, 7) is 5.84. The third-order valence-corrected chi connectivity index (χ3v) is 2.79. The Morgan fingerprint density at radius 1 is 1.53 bits per heavy atom. The van der Waals surface area contributed by atoms with Gasteiger partial charge in [0, 0.05) is 9.77 Å². The lowest BCUT2D eigenvalue weighted by atomic mass is 9.89. The van der Waals surface area contributed by atoms with Crippen LogP contribution in [0.4, 0.5) is 0 Å². The zero-order valence-electron chi connectivity index (χ0n) is 9.08. The number of halogens is 1. The van der Waals surface area contributed by atoms with E-state index in [0.717, 1.165) is 9.26 Å². The molecule has 1 heterocycles. The van der Waals surface area contributed by atoms with Gasteiger partial charge in [-0.2, -0.15) is 0 Å². The van der Waals surface area contributed by atoms with Gasteiger partial charge in [0.05, 0.1) is 12.3 Å². The van der Waals surface area contributed by atoms with Crippen molar-refractivity contribution in [2.45, 2.75) is 26.2 Å². The zero-order chi connectivity index (χ0) is 11.5. The molecular formula is C11H14INO2. The Morgan fingerprint density at radius 3 is 2.67 bits per heavy atom. The van der Waals surface area contributed by atoms with E-state index in [1.54, 1.807) is 13.1 Å². The second kappa shape index (κ2) is 4.92. The maximum absolute atomic E-state index is 11.7. The highest BCUT2D eigenvalue weighted by atomic mass is 127. The van der Waals surface area contributed by atoms with E-state index >= 15 is 0 Å². The summed E-state index contributed by atoms with van der Waals surface area (Å²) >= 11 is 2.18. The van der Waals surface area contributed by atoms with Crippen LogP contribution >= 0.6 is 22.6 Å². The van der Waals surface area contributed by atoms with Gasteiger partial charge >= 0.3 is 5.97 Å². The minimum absolute atomic E-state index is 0.237.